The molecule has 7 heteroatoms. The monoisotopic (exact) mass is 434 g/mol. The Balaban J connectivity index is 0.00000264. The summed E-state index contributed by atoms with van der Waals surface area (Å²) in [6, 6.07) is 4.27. The van der Waals surface area contributed by atoms with Crippen molar-refractivity contribution in [3.05, 3.63) is 24.2 Å². The number of nitrogens with one attached hydrogen (secondary N) is 1. The molecule has 1 saturated carbocycles. The zero-order chi connectivity index (χ0) is 15.9. The Bertz CT molecular complexity index is 496. The van der Waals surface area contributed by atoms with E-state index < -0.39 is 0 Å². The van der Waals surface area contributed by atoms with E-state index in [9.17, 15) is 4.79 Å². The quantitative estimate of drug-likeness (QED) is 0.439. The number of amides is 1. The first kappa shape index (κ1) is 19.8. The van der Waals surface area contributed by atoms with Gasteiger partial charge in [0.1, 0.15) is 12.3 Å². The minimum Gasteiger partial charge on any atom is -0.467 e. The Morgan fingerprint density at radius 3 is 2.61 bits per heavy atom. The molecule has 0 atom stereocenters. The molecule has 1 aromatic heterocycles. The highest BCUT2D eigenvalue weighted by atomic mass is 127. The van der Waals surface area contributed by atoms with Crippen LogP contribution in [0.3, 0.4) is 0 Å². The summed E-state index contributed by atoms with van der Waals surface area (Å²) >= 11 is 0. The predicted octanol–water partition coefficient (Wildman–Crippen LogP) is 2.31. The van der Waals surface area contributed by atoms with Gasteiger partial charge in [0.15, 0.2) is 5.96 Å². The molecule has 23 heavy (non-hydrogen) atoms. The standard InChI is InChI=1S/C16H26N4O2.HI/c1-19(2)15(21)11-17-16(18-13-7-4-5-8-13)20(3)12-14-9-6-10-22-14;/h6,9-10,13H,4-5,7-8,11-12H2,1-3H3,(H,17,18);1H. The van der Waals surface area contributed by atoms with Crippen LogP contribution in [-0.4, -0.2) is 55.4 Å². The number of carbonyl (C=O) groups is 1. The highest BCUT2D eigenvalue weighted by Crippen LogP contribution is 2.18. The lowest BCUT2D eigenvalue weighted by Gasteiger charge is -2.24. The average molecular weight is 434 g/mol. The Hall–Kier alpha value is -1.25. The highest BCUT2D eigenvalue weighted by molar-refractivity contribution is 14.0. The summed E-state index contributed by atoms with van der Waals surface area (Å²) in [4.78, 5) is 19.8. The molecule has 0 saturated heterocycles. The lowest BCUT2D eigenvalue weighted by molar-refractivity contribution is -0.127. The minimum absolute atomic E-state index is 0. The predicted molar refractivity (Wildman–Crippen MR) is 102 cm³/mol. The van der Waals surface area contributed by atoms with Crippen LogP contribution >= 0.6 is 24.0 Å². The van der Waals surface area contributed by atoms with E-state index in [-0.39, 0.29) is 36.4 Å². The van der Waals surface area contributed by atoms with Gasteiger partial charge in [0, 0.05) is 27.2 Å². The van der Waals surface area contributed by atoms with Crippen LogP contribution in [0.4, 0.5) is 0 Å². The topological polar surface area (TPSA) is 61.1 Å². The van der Waals surface area contributed by atoms with Crippen LogP contribution in [0.2, 0.25) is 0 Å². The molecule has 1 N–H and O–H groups in total. The van der Waals surface area contributed by atoms with Crippen molar-refractivity contribution in [1.29, 1.82) is 0 Å². The smallest absolute Gasteiger partial charge is 0.243 e. The fraction of sp³-hybridized carbons (Fsp3) is 0.625. The van der Waals surface area contributed by atoms with Gasteiger partial charge in [-0.2, -0.15) is 0 Å². The number of aliphatic imine (C=N–C) groups is 1. The zero-order valence-electron chi connectivity index (χ0n) is 14.1. The summed E-state index contributed by atoms with van der Waals surface area (Å²) in [7, 11) is 5.45. The summed E-state index contributed by atoms with van der Waals surface area (Å²) in [6.07, 6.45) is 6.50. The molecule has 1 aliphatic carbocycles. The van der Waals surface area contributed by atoms with Gasteiger partial charge in [-0.25, -0.2) is 4.99 Å². The maximum absolute atomic E-state index is 11.8. The van der Waals surface area contributed by atoms with E-state index in [0.29, 0.717) is 12.6 Å². The lowest BCUT2D eigenvalue weighted by Crippen LogP contribution is -2.43. The van der Waals surface area contributed by atoms with Crippen LogP contribution in [0.5, 0.6) is 0 Å². The van der Waals surface area contributed by atoms with Crippen LogP contribution in [0.25, 0.3) is 0 Å². The second-order valence-corrected chi connectivity index (χ2v) is 5.99. The number of halogens is 1. The molecule has 0 radical (unpaired) electrons. The molecular formula is C16H27IN4O2. The fourth-order valence-electron chi connectivity index (χ4n) is 2.52. The number of likely N-dealkylation sites (N-methyl/N-ethyl adjacent to an activating group) is 1. The van der Waals surface area contributed by atoms with Crippen LogP contribution in [-0.2, 0) is 11.3 Å². The molecule has 1 aliphatic rings. The molecular weight excluding hydrogens is 407 g/mol. The van der Waals surface area contributed by atoms with Gasteiger partial charge in [0.05, 0.1) is 12.8 Å². The van der Waals surface area contributed by atoms with Gasteiger partial charge in [-0.15, -0.1) is 24.0 Å². The van der Waals surface area contributed by atoms with E-state index in [1.165, 1.54) is 12.8 Å². The van der Waals surface area contributed by atoms with Crippen molar-refractivity contribution in [3.8, 4) is 0 Å². The van der Waals surface area contributed by atoms with Crippen molar-refractivity contribution in [1.82, 2.24) is 15.1 Å². The van der Waals surface area contributed by atoms with Crippen LogP contribution in [0.1, 0.15) is 31.4 Å². The van der Waals surface area contributed by atoms with Crippen molar-refractivity contribution >= 4 is 35.8 Å². The van der Waals surface area contributed by atoms with E-state index in [1.54, 1.807) is 25.3 Å². The first-order valence-corrected chi connectivity index (χ1v) is 7.81. The van der Waals surface area contributed by atoms with Crippen LogP contribution in [0.15, 0.2) is 27.8 Å². The fourth-order valence-corrected chi connectivity index (χ4v) is 2.52. The van der Waals surface area contributed by atoms with Gasteiger partial charge in [-0.3, -0.25) is 4.79 Å². The zero-order valence-corrected chi connectivity index (χ0v) is 16.4. The van der Waals surface area contributed by atoms with E-state index in [4.69, 9.17) is 4.42 Å². The SMILES string of the molecule is CN(C)C(=O)CN=C(NC1CCCC1)N(C)Cc1ccco1.I. The Morgan fingerprint density at radius 1 is 1.35 bits per heavy atom. The molecule has 1 fully saturated rings. The summed E-state index contributed by atoms with van der Waals surface area (Å²) in [5, 5.41) is 3.49. The third kappa shape index (κ3) is 6.40. The Labute approximate surface area is 155 Å². The number of rotatable bonds is 5. The van der Waals surface area contributed by atoms with Crippen molar-refractivity contribution in [2.45, 2.75) is 38.3 Å². The summed E-state index contributed by atoms with van der Waals surface area (Å²) in [6.45, 7) is 0.784. The van der Waals surface area contributed by atoms with Gasteiger partial charge >= 0.3 is 0 Å². The summed E-state index contributed by atoms with van der Waals surface area (Å²) in [5.74, 6) is 1.64. The largest absolute Gasteiger partial charge is 0.467 e. The summed E-state index contributed by atoms with van der Waals surface area (Å²) in [5.41, 5.74) is 0. The number of nitrogens with zero attached hydrogens (tertiary/aromatic N) is 3. The molecule has 0 spiro atoms. The van der Waals surface area contributed by atoms with Crippen molar-refractivity contribution in [2.75, 3.05) is 27.7 Å². The normalized spacial score (nSPS) is 15.2. The molecule has 2 rings (SSSR count). The Kier molecular flexibility index (Phi) is 8.43. The maximum Gasteiger partial charge on any atom is 0.243 e. The van der Waals surface area contributed by atoms with Gasteiger partial charge < -0.3 is 19.5 Å². The Morgan fingerprint density at radius 2 is 2.04 bits per heavy atom. The molecule has 130 valence electrons. The van der Waals surface area contributed by atoms with Gasteiger partial charge in [-0.1, -0.05) is 12.8 Å². The van der Waals surface area contributed by atoms with Gasteiger partial charge in [0.25, 0.3) is 0 Å². The van der Waals surface area contributed by atoms with Crippen LogP contribution in [0, 0.1) is 0 Å². The van der Waals surface area contributed by atoms with E-state index in [0.717, 1.165) is 24.6 Å². The molecule has 0 bridgehead atoms. The molecule has 1 amide bonds. The van der Waals surface area contributed by atoms with Crippen molar-refractivity contribution < 1.29 is 9.21 Å². The number of carbonyl (C=O) groups excluding carboxylic acids is 1. The summed E-state index contributed by atoms with van der Waals surface area (Å²) < 4.78 is 5.39. The van der Waals surface area contributed by atoms with E-state index in [1.807, 2.05) is 24.1 Å². The molecule has 1 heterocycles. The first-order chi connectivity index (χ1) is 10.6. The van der Waals surface area contributed by atoms with Gasteiger partial charge in [0.2, 0.25) is 5.91 Å². The number of hydrogen-bond acceptors (Lipinski definition) is 3. The second kappa shape index (κ2) is 9.79. The second-order valence-electron chi connectivity index (χ2n) is 5.99. The van der Waals surface area contributed by atoms with E-state index >= 15 is 0 Å². The molecule has 0 aliphatic heterocycles. The maximum atomic E-state index is 11.8. The number of guanidine groups is 1. The number of hydrogen-bond donors (Lipinski definition) is 1. The minimum atomic E-state index is -0.00267. The van der Waals surface area contributed by atoms with Crippen molar-refractivity contribution in [2.24, 2.45) is 4.99 Å². The first-order valence-electron chi connectivity index (χ1n) is 7.81. The average Bonchev–Trinajstić information content (AvgIpc) is 3.15. The lowest BCUT2D eigenvalue weighted by atomic mass is 10.2. The third-order valence-electron chi connectivity index (χ3n) is 3.89. The third-order valence-corrected chi connectivity index (χ3v) is 3.89. The molecule has 0 aromatic carbocycles. The van der Waals surface area contributed by atoms with Crippen LogP contribution < -0.4 is 5.32 Å². The molecule has 6 nitrogen and oxygen atoms in total. The van der Waals surface area contributed by atoms with Gasteiger partial charge in [-0.05, 0) is 25.0 Å². The van der Waals surface area contributed by atoms with E-state index in [2.05, 4.69) is 10.3 Å². The number of furan rings is 1. The molecule has 0 unspecified atom stereocenters. The van der Waals surface area contributed by atoms with Crippen molar-refractivity contribution in [3.63, 3.8) is 0 Å². The molecule has 1 aromatic rings. The highest BCUT2D eigenvalue weighted by Gasteiger charge is 2.19.